The van der Waals surface area contributed by atoms with Crippen molar-refractivity contribution in [3.8, 4) is 0 Å². The van der Waals surface area contributed by atoms with Crippen LogP contribution < -0.4 is 0 Å². The molecule has 0 unspecified atom stereocenters. The van der Waals surface area contributed by atoms with Crippen molar-refractivity contribution in [2.24, 2.45) is 0 Å². The average Bonchev–Trinajstić information content (AvgIpc) is 3.44. The summed E-state index contributed by atoms with van der Waals surface area (Å²) < 4.78 is 16.6. The van der Waals surface area contributed by atoms with Crippen LogP contribution in [0.15, 0.2) is 0 Å². The van der Waals surface area contributed by atoms with Crippen LogP contribution in [0.3, 0.4) is 0 Å². The van der Waals surface area contributed by atoms with E-state index in [1.165, 1.54) is 327 Å². The zero-order chi connectivity index (χ0) is 57.3. The first-order chi connectivity index (χ1) is 38.9. The number of ether oxygens (including phenoxy) is 3. The van der Waals surface area contributed by atoms with E-state index in [1.54, 1.807) is 0 Å². The number of aliphatic hydroxyl groups is 1. The Morgan fingerprint density at radius 1 is 0.228 bits per heavy atom. The smallest absolute Gasteiger partial charge is 0.339 e. The molecular weight excluding hydrogens is 977 g/mol. The molecule has 79 heavy (non-hydrogen) atoms. The summed E-state index contributed by atoms with van der Waals surface area (Å²) in [5, 5.41) is 11.6. The topological polar surface area (TPSA) is 99.1 Å². The number of hydrogen-bond acceptors (Lipinski definition) is 7. The van der Waals surface area contributed by atoms with Gasteiger partial charge in [-0.3, -0.25) is 9.59 Å². The Hall–Kier alpha value is -1.63. The first-order valence-electron chi connectivity index (χ1n) is 36.1. The molecule has 7 heteroatoms. The minimum atomic E-state index is -2.30. The summed E-state index contributed by atoms with van der Waals surface area (Å²) in [7, 11) is 0. The zero-order valence-corrected chi connectivity index (χ0v) is 53.9. The summed E-state index contributed by atoms with van der Waals surface area (Å²) in [6.45, 7) is 7.50. The van der Waals surface area contributed by atoms with Crippen molar-refractivity contribution in [1.82, 2.24) is 0 Å². The monoisotopic (exact) mass is 1120 g/mol. The van der Waals surface area contributed by atoms with Gasteiger partial charge in [0.05, 0.1) is 32.7 Å². The Labute approximate surface area is 493 Å². The average molecular weight is 1120 g/mol. The van der Waals surface area contributed by atoms with E-state index in [9.17, 15) is 19.5 Å². The van der Waals surface area contributed by atoms with Crippen LogP contribution in [0.1, 0.15) is 419 Å². The Bertz CT molecular complexity index is 1160. The first kappa shape index (κ1) is 77.4. The van der Waals surface area contributed by atoms with E-state index < -0.39 is 36.4 Å². The van der Waals surface area contributed by atoms with E-state index in [-0.39, 0.29) is 19.8 Å². The lowest BCUT2D eigenvalue weighted by atomic mass is 9.95. The highest BCUT2D eigenvalue weighted by Gasteiger charge is 2.43. The number of esters is 3. The third-order valence-corrected chi connectivity index (χ3v) is 17.0. The summed E-state index contributed by atoms with van der Waals surface area (Å²) in [5.41, 5.74) is -2.30. The van der Waals surface area contributed by atoms with Crippen molar-refractivity contribution in [3.05, 3.63) is 0 Å². The van der Waals surface area contributed by atoms with Crippen molar-refractivity contribution in [1.29, 1.82) is 0 Å². The van der Waals surface area contributed by atoms with Crippen molar-refractivity contribution in [2.45, 2.75) is 424 Å². The van der Waals surface area contributed by atoms with E-state index in [2.05, 4.69) is 20.8 Å². The maximum atomic E-state index is 13.4. The SMILES string of the molecule is CCCCCCCCCCCCCCCCCCCCCCOC(=O)CC(O)(CC(=O)OCCCCCCCCCCCCCCCCCCCCCC)C(=O)OCCCCCCCCCCCCCCCCCCCCCC. The van der Waals surface area contributed by atoms with Gasteiger partial charge in [-0.2, -0.15) is 0 Å². The molecule has 0 aliphatic carbocycles. The standard InChI is InChI=1S/C72H140O7/c1-4-7-10-13-16-19-22-25-28-31-34-37-40-43-46-49-52-55-58-61-64-77-69(73)67-72(76,71(75)79-66-63-60-57-54-51-48-45-42-39-36-33-30-27-24-21-18-15-12-9-6-3)68-70(74)78-65-62-59-56-53-50-47-44-41-38-35-32-29-26-23-20-17-14-11-8-5-2/h76H,4-68H2,1-3H3. The molecule has 0 atom stereocenters. The summed E-state index contributed by atoms with van der Waals surface area (Å²) in [4.78, 5) is 39.4. The number of rotatable bonds is 68. The second-order valence-electron chi connectivity index (χ2n) is 25.1. The lowest BCUT2D eigenvalue weighted by Gasteiger charge is -2.24. The summed E-state index contributed by atoms with van der Waals surface area (Å²) >= 11 is 0. The van der Waals surface area contributed by atoms with Crippen LogP contribution in [-0.2, 0) is 28.6 Å². The number of hydrogen-bond donors (Lipinski definition) is 1. The van der Waals surface area contributed by atoms with Crippen LogP contribution >= 0.6 is 0 Å². The maximum absolute atomic E-state index is 13.4. The fourth-order valence-electron chi connectivity index (χ4n) is 11.5. The molecule has 0 aliphatic heterocycles. The minimum absolute atomic E-state index is 0.156. The van der Waals surface area contributed by atoms with E-state index in [0.29, 0.717) is 6.42 Å². The largest absolute Gasteiger partial charge is 0.466 e. The molecule has 0 heterocycles. The lowest BCUT2D eigenvalue weighted by Crippen LogP contribution is -2.45. The predicted octanol–water partition coefficient (Wildman–Crippen LogP) is 23.6. The molecule has 0 saturated carbocycles. The molecule has 0 saturated heterocycles. The fourth-order valence-corrected chi connectivity index (χ4v) is 11.5. The second kappa shape index (κ2) is 65.5. The molecule has 0 spiro atoms. The lowest BCUT2D eigenvalue weighted by molar-refractivity contribution is -0.178. The molecular formula is C72H140O7. The number of unbranched alkanes of at least 4 members (excludes halogenated alkanes) is 57. The Balaban J connectivity index is 4.38. The van der Waals surface area contributed by atoms with Crippen LogP contribution in [0, 0.1) is 0 Å². The van der Waals surface area contributed by atoms with Gasteiger partial charge >= 0.3 is 17.9 Å². The maximum Gasteiger partial charge on any atom is 0.339 e. The highest BCUT2D eigenvalue weighted by molar-refractivity contribution is 5.90. The van der Waals surface area contributed by atoms with Gasteiger partial charge in [-0.1, -0.05) is 387 Å². The van der Waals surface area contributed by atoms with E-state index in [0.717, 1.165) is 51.4 Å². The van der Waals surface area contributed by atoms with Gasteiger partial charge < -0.3 is 19.3 Å². The van der Waals surface area contributed by atoms with Crippen molar-refractivity contribution in [3.63, 3.8) is 0 Å². The van der Waals surface area contributed by atoms with Gasteiger partial charge in [0.15, 0.2) is 5.60 Å². The van der Waals surface area contributed by atoms with Gasteiger partial charge in [0.25, 0.3) is 0 Å². The predicted molar refractivity (Wildman–Crippen MR) is 341 cm³/mol. The van der Waals surface area contributed by atoms with Crippen molar-refractivity contribution < 1.29 is 33.7 Å². The summed E-state index contributed by atoms with van der Waals surface area (Å²) in [5.74, 6) is -2.30. The highest BCUT2D eigenvalue weighted by atomic mass is 16.6. The number of carbonyl (C=O) groups is 3. The molecule has 0 aliphatic rings. The molecule has 0 fully saturated rings. The van der Waals surface area contributed by atoms with Crippen LogP contribution in [-0.4, -0.2) is 48.4 Å². The van der Waals surface area contributed by atoms with E-state index >= 15 is 0 Å². The minimum Gasteiger partial charge on any atom is -0.466 e. The zero-order valence-electron chi connectivity index (χ0n) is 53.9. The van der Waals surface area contributed by atoms with Crippen LogP contribution in [0.5, 0.6) is 0 Å². The summed E-state index contributed by atoms with van der Waals surface area (Å²) in [6, 6.07) is 0. The molecule has 0 rings (SSSR count). The van der Waals surface area contributed by atoms with Gasteiger partial charge in [0, 0.05) is 0 Å². The molecule has 0 aromatic rings. The summed E-state index contributed by atoms with van der Waals surface area (Å²) in [6.07, 6.45) is 76.8. The third-order valence-electron chi connectivity index (χ3n) is 17.0. The van der Waals surface area contributed by atoms with Gasteiger partial charge in [0.2, 0.25) is 0 Å². The Kier molecular flexibility index (Phi) is 64.2. The van der Waals surface area contributed by atoms with Crippen LogP contribution in [0.4, 0.5) is 0 Å². The number of carbonyl (C=O) groups excluding carboxylic acids is 3. The molecule has 1 N–H and O–H groups in total. The third kappa shape index (κ3) is 60.8. The Morgan fingerprint density at radius 3 is 0.532 bits per heavy atom. The van der Waals surface area contributed by atoms with Gasteiger partial charge in [-0.25, -0.2) is 4.79 Å². The molecule has 7 nitrogen and oxygen atoms in total. The van der Waals surface area contributed by atoms with E-state index in [4.69, 9.17) is 14.2 Å². The van der Waals surface area contributed by atoms with Crippen molar-refractivity contribution >= 4 is 17.9 Å². The fraction of sp³-hybridized carbons (Fsp3) is 0.958. The molecule has 0 amide bonds. The van der Waals surface area contributed by atoms with Crippen LogP contribution in [0.2, 0.25) is 0 Å². The van der Waals surface area contributed by atoms with Crippen molar-refractivity contribution in [2.75, 3.05) is 19.8 Å². The Morgan fingerprint density at radius 2 is 0.367 bits per heavy atom. The quantitative estimate of drug-likeness (QED) is 0.0368. The molecule has 0 bridgehead atoms. The highest BCUT2D eigenvalue weighted by Crippen LogP contribution is 2.23. The van der Waals surface area contributed by atoms with Gasteiger partial charge in [-0.15, -0.1) is 0 Å². The molecule has 0 radical (unpaired) electrons. The van der Waals surface area contributed by atoms with E-state index in [1.807, 2.05) is 0 Å². The van der Waals surface area contributed by atoms with Gasteiger partial charge in [0.1, 0.15) is 0 Å². The first-order valence-corrected chi connectivity index (χ1v) is 36.1. The molecule has 0 aromatic heterocycles. The van der Waals surface area contributed by atoms with Crippen LogP contribution in [0.25, 0.3) is 0 Å². The second-order valence-corrected chi connectivity index (χ2v) is 25.1. The molecule has 470 valence electrons. The van der Waals surface area contributed by atoms with Gasteiger partial charge in [-0.05, 0) is 19.3 Å². The normalized spacial score (nSPS) is 11.7. The molecule has 0 aromatic carbocycles.